The average Bonchev–Trinajstić information content (AvgIpc) is 2.90. The molecule has 2 fully saturated rings. The van der Waals surface area contributed by atoms with Crippen LogP contribution in [0.25, 0.3) is 11.0 Å². The van der Waals surface area contributed by atoms with E-state index >= 15 is 0 Å². The number of imidazole rings is 1. The first-order valence-corrected chi connectivity index (χ1v) is 7.31. The van der Waals surface area contributed by atoms with Crippen molar-refractivity contribution in [2.75, 3.05) is 0 Å². The molecule has 2 aliphatic carbocycles. The van der Waals surface area contributed by atoms with E-state index in [0.717, 1.165) is 28.7 Å². The molecule has 19 heavy (non-hydrogen) atoms. The third-order valence-corrected chi connectivity index (χ3v) is 5.10. The van der Waals surface area contributed by atoms with Gasteiger partial charge in [-0.15, -0.1) is 0 Å². The maximum atomic E-state index is 10.4. The molecule has 3 heteroatoms. The van der Waals surface area contributed by atoms with Crippen LogP contribution < -0.4 is 0 Å². The van der Waals surface area contributed by atoms with Crippen molar-refractivity contribution in [1.29, 1.82) is 0 Å². The van der Waals surface area contributed by atoms with E-state index in [1.807, 2.05) is 25.2 Å². The normalized spacial score (nSPS) is 30.5. The number of aliphatic hydroxyl groups excluding tert-OH is 1. The first-order valence-electron chi connectivity index (χ1n) is 7.31. The van der Waals surface area contributed by atoms with Crippen molar-refractivity contribution in [3.05, 3.63) is 30.1 Å². The zero-order valence-corrected chi connectivity index (χ0v) is 11.3. The number of aryl methyl sites for hydroxylation is 1. The van der Waals surface area contributed by atoms with Gasteiger partial charge in [0.15, 0.2) is 0 Å². The van der Waals surface area contributed by atoms with E-state index < -0.39 is 0 Å². The van der Waals surface area contributed by atoms with Gasteiger partial charge in [0, 0.05) is 13.5 Å². The summed E-state index contributed by atoms with van der Waals surface area (Å²) >= 11 is 0. The van der Waals surface area contributed by atoms with Gasteiger partial charge in [-0.05, 0) is 49.1 Å². The molecule has 1 aromatic heterocycles. The molecule has 3 atom stereocenters. The molecule has 0 spiro atoms. The predicted molar refractivity (Wildman–Crippen MR) is 74.7 cm³/mol. The van der Waals surface area contributed by atoms with Crippen molar-refractivity contribution < 1.29 is 5.11 Å². The van der Waals surface area contributed by atoms with Crippen LogP contribution in [-0.2, 0) is 13.5 Å². The van der Waals surface area contributed by atoms with Crippen molar-refractivity contribution >= 4 is 11.0 Å². The van der Waals surface area contributed by atoms with E-state index in [1.165, 1.54) is 19.3 Å². The molecule has 100 valence electrons. The molecule has 0 amide bonds. The number of aromatic nitrogens is 2. The topological polar surface area (TPSA) is 38.0 Å². The van der Waals surface area contributed by atoms with Gasteiger partial charge in [-0.25, -0.2) is 4.98 Å². The smallest absolute Gasteiger partial charge is 0.112 e. The molecule has 0 aliphatic heterocycles. The highest BCUT2D eigenvalue weighted by Crippen LogP contribution is 2.55. The first-order chi connectivity index (χ1) is 9.22. The molecule has 0 bridgehead atoms. The van der Waals surface area contributed by atoms with Crippen molar-refractivity contribution in [2.24, 2.45) is 24.8 Å². The molecular weight excluding hydrogens is 236 g/mol. The second-order valence-corrected chi connectivity index (χ2v) is 6.33. The van der Waals surface area contributed by atoms with Gasteiger partial charge in [0.25, 0.3) is 0 Å². The van der Waals surface area contributed by atoms with Crippen LogP contribution in [0.1, 0.15) is 25.1 Å². The highest BCUT2D eigenvalue weighted by Gasteiger charge is 2.47. The van der Waals surface area contributed by atoms with Crippen LogP contribution >= 0.6 is 0 Å². The van der Waals surface area contributed by atoms with Crippen LogP contribution in [0.15, 0.2) is 24.3 Å². The third kappa shape index (κ3) is 1.88. The molecule has 2 aromatic rings. The highest BCUT2D eigenvalue weighted by molar-refractivity contribution is 5.75. The van der Waals surface area contributed by atoms with Crippen molar-refractivity contribution in [1.82, 2.24) is 9.55 Å². The fourth-order valence-electron chi connectivity index (χ4n) is 3.81. The first kappa shape index (κ1) is 11.5. The standard InChI is InChI=1S/C16H20N2O/c1-18-14-5-3-2-4-13(14)17-16(18)9-15(19)12-7-10-6-11(10)8-12/h2-5,10-12,15,19H,6-9H2,1H3. The van der Waals surface area contributed by atoms with Crippen LogP contribution in [-0.4, -0.2) is 20.8 Å². The third-order valence-electron chi connectivity index (χ3n) is 5.10. The van der Waals surface area contributed by atoms with Crippen LogP contribution in [0, 0.1) is 17.8 Å². The molecule has 3 unspecified atom stereocenters. The summed E-state index contributed by atoms with van der Waals surface area (Å²) in [5.74, 6) is 3.37. The lowest BCUT2D eigenvalue weighted by Gasteiger charge is -2.19. The van der Waals surface area contributed by atoms with Gasteiger partial charge in [-0.2, -0.15) is 0 Å². The van der Waals surface area contributed by atoms with Gasteiger partial charge in [0.1, 0.15) is 5.82 Å². The summed E-state index contributed by atoms with van der Waals surface area (Å²) in [5, 5.41) is 10.4. The molecule has 0 radical (unpaired) electrons. The minimum Gasteiger partial charge on any atom is -0.392 e. The number of nitrogens with zero attached hydrogens (tertiary/aromatic N) is 2. The number of hydrogen-bond donors (Lipinski definition) is 1. The Hall–Kier alpha value is -1.35. The van der Waals surface area contributed by atoms with Crippen LogP contribution in [0.5, 0.6) is 0 Å². The SMILES string of the molecule is Cn1c(CC(O)C2CC3CC3C2)nc2ccccc21. The number of hydrogen-bond acceptors (Lipinski definition) is 2. The van der Waals surface area contributed by atoms with Crippen LogP contribution in [0.2, 0.25) is 0 Å². The Kier molecular flexibility index (Phi) is 2.46. The Bertz CT molecular complexity index is 608. The molecule has 0 saturated heterocycles. The van der Waals surface area contributed by atoms with Crippen LogP contribution in [0.3, 0.4) is 0 Å². The summed E-state index contributed by atoms with van der Waals surface area (Å²) in [4.78, 5) is 4.66. The maximum Gasteiger partial charge on any atom is 0.112 e. The largest absolute Gasteiger partial charge is 0.392 e. The van der Waals surface area contributed by atoms with E-state index in [9.17, 15) is 5.11 Å². The van der Waals surface area contributed by atoms with Crippen molar-refractivity contribution in [3.63, 3.8) is 0 Å². The summed E-state index contributed by atoms with van der Waals surface area (Å²) in [6.45, 7) is 0. The Morgan fingerprint density at radius 3 is 2.74 bits per heavy atom. The van der Waals surface area contributed by atoms with E-state index in [0.29, 0.717) is 12.3 Å². The fraction of sp³-hybridized carbons (Fsp3) is 0.562. The van der Waals surface area contributed by atoms with Gasteiger partial charge in [0.2, 0.25) is 0 Å². The van der Waals surface area contributed by atoms with E-state index in [4.69, 9.17) is 0 Å². The van der Waals surface area contributed by atoms with Gasteiger partial charge >= 0.3 is 0 Å². The number of para-hydroxylation sites is 2. The number of rotatable bonds is 3. The lowest BCUT2D eigenvalue weighted by atomic mass is 9.94. The van der Waals surface area contributed by atoms with Gasteiger partial charge in [-0.3, -0.25) is 0 Å². The average molecular weight is 256 g/mol. The lowest BCUT2D eigenvalue weighted by molar-refractivity contribution is 0.101. The monoisotopic (exact) mass is 256 g/mol. The Morgan fingerprint density at radius 2 is 2.00 bits per heavy atom. The fourth-order valence-corrected chi connectivity index (χ4v) is 3.81. The number of aliphatic hydroxyl groups is 1. The van der Waals surface area contributed by atoms with Gasteiger partial charge < -0.3 is 9.67 Å². The van der Waals surface area contributed by atoms with E-state index in [1.54, 1.807) is 0 Å². The second kappa shape index (κ2) is 4.07. The zero-order valence-electron chi connectivity index (χ0n) is 11.3. The zero-order chi connectivity index (χ0) is 13.0. The molecular formula is C16H20N2O. The van der Waals surface area contributed by atoms with Crippen molar-refractivity contribution in [2.45, 2.75) is 31.8 Å². The Morgan fingerprint density at radius 1 is 1.26 bits per heavy atom. The maximum absolute atomic E-state index is 10.4. The molecule has 1 heterocycles. The summed E-state index contributed by atoms with van der Waals surface area (Å²) < 4.78 is 2.12. The minimum absolute atomic E-state index is 0.219. The predicted octanol–water partition coefficient (Wildman–Crippen LogP) is 2.52. The summed E-state index contributed by atoms with van der Waals surface area (Å²) in [7, 11) is 2.05. The van der Waals surface area contributed by atoms with Crippen molar-refractivity contribution in [3.8, 4) is 0 Å². The highest BCUT2D eigenvalue weighted by atomic mass is 16.3. The molecule has 1 aromatic carbocycles. The molecule has 2 saturated carbocycles. The van der Waals surface area contributed by atoms with Gasteiger partial charge in [-0.1, -0.05) is 12.1 Å². The second-order valence-electron chi connectivity index (χ2n) is 6.33. The quantitative estimate of drug-likeness (QED) is 0.916. The minimum atomic E-state index is -0.219. The summed E-state index contributed by atoms with van der Waals surface area (Å²) in [5.41, 5.74) is 2.18. The molecule has 4 rings (SSSR count). The Balaban J connectivity index is 1.55. The Labute approximate surface area is 113 Å². The molecule has 3 nitrogen and oxygen atoms in total. The summed E-state index contributed by atoms with van der Waals surface area (Å²) in [6.07, 6.45) is 4.35. The number of benzene rings is 1. The summed E-state index contributed by atoms with van der Waals surface area (Å²) in [6, 6.07) is 8.17. The van der Waals surface area contributed by atoms with Crippen LogP contribution in [0.4, 0.5) is 0 Å². The lowest BCUT2D eigenvalue weighted by Crippen LogP contribution is -2.23. The van der Waals surface area contributed by atoms with E-state index in [2.05, 4.69) is 15.6 Å². The molecule has 1 N–H and O–H groups in total. The molecule has 2 aliphatic rings. The van der Waals surface area contributed by atoms with E-state index in [-0.39, 0.29) is 6.10 Å². The number of fused-ring (bicyclic) bond motifs is 2. The van der Waals surface area contributed by atoms with Gasteiger partial charge in [0.05, 0.1) is 17.1 Å².